The number of nitrogens with zero attached hydrogens (tertiary/aromatic N) is 2. The van der Waals surface area contributed by atoms with Crippen LogP contribution < -0.4 is 19.4 Å². The molecule has 2 aliphatic heterocycles. The number of halogens is 1. The van der Waals surface area contributed by atoms with Gasteiger partial charge in [-0.25, -0.2) is 9.96 Å². The highest BCUT2D eigenvalue weighted by Crippen LogP contribution is 2.50. The van der Waals surface area contributed by atoms with Crippen molar-refractivity contribution in [3.63, 3.8) is 0 Å². The van der Waals surface area contributed by atoms with Crippen molar-refractivity contribution in [2.75, 3.05) is 23.7 Å². The van der Waals surface area contributed by atoms with Crippen molar-refractivity contribution in [1.29, 1.82) is 0 Å². The molecule has 2 aliphatic rings. The predicted octanol–water partition coefficient (Wildman–Crippen LogP) is 4.91. The van der Waals surface area contributed by atoms with Gasteiger partial charge < -0.3 is 9.47 Å². The minimum atomic E-state index is -0.976. The van der Waals surface area contributed by atoms with E-state index in [2.05, 4.69) is 15.9 Å². The molecule has 2 saturated heterocycles. The molecule has 2 amide bonds. The lowest BCUT2D eigenvalue weighted by Crippen LogP contribution is -2.37. The Morgan fingerprint density at radius 1 is 0.941 bits per heavy atom. The number of anilines is 2. The van der Waals surface area contributed by atoms with Crippen LogP contribution in [0.25, 0.3) is 0 Å². The first kappa shape index (κ1) is 22.4. The number of fused-ring (bicyclic) bond motifs is 1. The molecule has 0 N–H and O–H groups in total. The van der Waals surface area contributed by atoms with E-state index in [1.54, 1.807) is 30.4 Å². The van der Waals surface area contributed by atoms with Crippen LogP contribution in [-0.4, -0.2) is 31.6 Å². The summed E-state index contributed by atoms with van der Waals surface area (Å²) in [6.45, 7) is 2.27. The molecule has 0 radical (unpaired) electrons. The fourth-order valence-corrected chi connectivity index (χ4v) is 5.00. The third-order valence-electron chi connectivity index (χ3n) is 6.04. The highest BCUT2D eigenvalue weighted by molar-refractivity contribution is 9.10. The van der Waals surface area contributed by atoms with Gasteiger partial charge in [-0.05, 0) is 49.4 Å². The Hall–Kier alpha value is -3.36. The van der Waals surface area contributed by atoms with Gasteiger partial charge in [0.1, 0.15) is 17.4 Å². The van der Waals surface area contributed by atoms with Crippen molar-refractivity contribution in [2.24, 2.45) is 5.92 Å². The molecule has 8 heteroatoms. The number of hydrogen-bond donors (Lipinski definition) is 0. The Labute approximate surface area is 205 Å². The maximum atomic E-state index is 13.9. The molecule has 3 atom stereocenters. The van der Waals surface area contributed by atoms with Gasteiger partial charge in [0, 0.05) is 10.0 Å². The zero-order chi connectivity index (χ0) is 23.8. The molecule has 3 aromatic carbocycles. The molecule has 5 rings (SSSR count). The summed E-state index contributed by atoms with van der Waals surface area (Å²) in [5.74, 6) is -0.451. The molecule has 0 aromatic heterocycles. The molecule has 34 heavy (non-hydrogen) atoms. The van der Waals surface area contributed by atoms with Crippen LogP contribution in [0.5, 0.6) is 11.5 Å². The van der Waals surface area contributed by atoms with Gasteiger partial charge in [-0.3, -0.25) is 14.4 Å². The number of benzene rings is 3. The molecular weight excluding hydrogens is 500 g/mol. The maximum Gasteiger partial charge on any atom is 0.266 e. The topological polar surface area (TPSA) is 68.3 Å². The first-order valence-corrected chi connectivity index (χ1v) is 11.8. The Kier molecular flexibility index (Phi) is 6.02. The van der Waals surface area contributed by atoms with Gasteiger partial charge in [0.25, 0.3) is 5.91 Å². The quantitative estimate of drug-likeness (QED) is 0.428. The Balaban J connectivity index is 1.63. The van der Waals surface area contributed by atoms with Crippen LogP contribution in [-0.2, 0) is 14.4 Å². The Bertz CT molecular complexity index is 1230. The molecule has 0 unspecified atom stereocenters. The van der Waals surface area contributed by atoms with E-state index in [1.807, 2.05) is 61.5 Å². The number of rotatable bonds is 6. The average molecular weight is 523 g/mol. The molecule has 2 fully saturated rings. The maximum absolute atomic E-state index is 13.9. The van der Waals surface area contributed by atoms with Crippen molar-refractivity contribution in [2.45, 2.75) is 19.1 Å². The fraction of sp³-hybridized carbons (Fsp3) is 0.231. The summed E-state index contributed by atoms with van der Waals surface area (Å²) < 4.78 is 12.2. The molecule has 174 valence electrons. The van der Waals surface area contributed by atoms with Crippen LogP contribution in [0, 0.1) is 5.92 Å². The summed E-state index contributed by atoms with van der Waals surface area (Å²) in [5, 5.41) is 1.65. The number of methoxy groups -OCH3 is 1. The first-order chi connectivity index (χ1) is 16.5. The fourth-order valence-electron chi connectivity index (χ4n) is 4.62. The van der Waals surface area contributed by atoms with Crippen molar-refractivity contribution >= 4 is 39.1 Å². The van der Waals surface area contributed by atoms with Crippen LogP contribution in [0.1, 0.15) is 18.5 Å². The molecule has 3 aromatic rings. The van der Waals surface area contributed by atoms with E-state index in [1.165, 1.54) is 4.90 Å². The lowest BCUT2D eigenvalue weighted by atomic mass is 9.90. The van der Waals surface area contributed by atoms with Crippen LogP contribution in [0.2, 0.25) is 0 Å². The van der Waals surface area contributed by atoms with Gasteiger partial charge in [-0.1, -0.05) is 46.3 Å². The number of amides is 2. The lowest BCUT2D eigenvalue weighted by molar-refractivity contribution is -0.126. The number of ether oxygens (including phenoxy) is 2. The third kappa shape index (κ3) is 3.63. The van der Waals surface area contributed by atoms with E-state index < -0.39 is 24.0 Å². The number of hydrogen-bond acceptors (Lipinski definition) is 6. The van der Waals surface area contributed by atoms with E-state index in [4.69, 9.17) is 14.3 Å². The summed E-state index contributed by atoms with van der Waals surface area (Å²) in [6, 6.07) is 21.5. The second kappa shape index (κ2) is 9.12. The van der Waals surface area contributed by atoms with Gasteiger partial charge in [-0.2, -0.15) is 0 Å². The van der Waals surface area contributed by atoms with Gasteiger partial charge >= 0.3 is 0 Å². The number of carbonyl (C=O) groups is 2. The highest BCUT2D eigenvalue weighted by atomic mass is 79.9. The van der Waals surface area contributed by atoms with Gasteiger partial charge in [0.2, 0.25) is 5.91 Å². The van der Waals surface area contributed by atoms with Gasteiger partial charge in [0.05, 0.1) is 31.1 Å². The van der Waals surface area contributed by atoms with Crippen molar-refractivity contribution in [3.8, 4) is 11.5 Å². The summed E-state index contributed by atoms with van der Waals surface area (Å²) in [4.78, 5) is 34.9. The molecule has 0 spiro atoms. The standard InChI is InChI=1S/C26H23BrN2O5/c1-3-33-21-12-8-7-11-19(21)28-25(30)22-23(18-15-16(27)13-14-20(18)32-2)29(34-24(22)26(28)31)17-9-5-4-6-10-17/h4-15,22-24H,3H2,1-2H3/t22-,23-,24-/m0/s1. The first-order valence-electron chi connectivity index (χ1n) is 11.0. The summed E-state index contributed by atoms with van der Waals surface area (Å²) in [6.07, 6.45) is -0.976. The van der Waals surface area contributed by atoms with Gasteiger partial charge in [0.15, 0.2) is 6.10 Å². The normalized spacial score (nSPS) is 21.7. The largest absolute Gasteiger partial charge is 0.496 e. The lowest BCUT2D eigenvalue weighted by Gasteiger charge is -2.30. The number of para-hydroxylation sites is 3. The van der Waals surface area contributed by atoms with Crippen LogP contribution in [0.3, 0.4) is 0 Å². The number of carbonyl (C=O) groups excluding carboxylic acids is 2. The van der Waals surface area contributed by atoms with E-state index in [0.29, 0.717) is 23.8 Å². The minimum Gasteiger partial charge on any atom is -0.496 e. The van der Waals surface area contributed by atoms with Crippen molar-refractivity contribution in [3.05, 3.63) is 82.8 Å². The second-order valence-corrected chi connectivity index (χ2v) is 8.87. The van der Waals surface area contributed by atoms with E-state index in [9.17, 15) is 9.59 Å². The number of hydroxylamine groups is 1. The van der Waals surface area contributed by atoms with E-state index in [-0.39, 0.29) is 5.91 Å². The predicted molar refractivity (Wildman–Crippen MR) is 131 cm³/mol. The molecule has 0 saturated carbocycles. The average Bonchev–Trinajstić information content (AvgIpc) is 3.36. The zero-order valence-corrected chi connectivity index (χ0v) is 20.3. The van der Waals surface area contributed by atoms with Crippen LogP contribution in [0.15, 0.2) is 77.3 Å². The zero-order valence-electron chi connectivity index (χ0n) is 18.7. The van der Waals surface area contributed by atoms with Crippen molar-refractivity contribution < 1.29 is 23.9 Å². The SMILES string of the molecule is CCOc1ccccc1N1C(=O)[C@@H]2[C@H](ON(c3ccccc3)[C@H]2c2cc(Br)ccc2OC)C1=O. The Morgan fingerprint density at radius 3 is 2.41 bits per heavy atom. The molecule has 2 heterocycles. The monoisotopic (exact) mass is 522 g/mol. The molecule has 0 aliphatic carbocycles. The molecular formula is C26H23BrN2O5. The van der Waals surface area contributed by atoms with Crippen molar-refractivity contribution in [1.82, 2.24) is 0 Å². The summed E-state index contributed by atoms with van der Waals surface area (Å²) >= 11 is 3.53. The second-order valence-electron chi connectivity index (χ2n) is 7.96. The third-order valence-corrected chi connectivity index (χ3v) is 6.54. The van der Waals surface area contributed by atoms with Gasteiger partial charge in [-0.15, -0.1) is 0 Å². The number of imide groups is 1. The van der Waals surface area contributed by atoms with E-state index >= 15 is 0 Å². The highest BCUT2D eigenvalue weighted by Gasteiger charge is 2.61. The minimum absolute atomic E-state index is 0.340. The van der Waals surface area contributed by atoms with E-state index in [0.717, 1.165) is 15.7 Å². The summed E-state index contributed by atoms with van der Waals surface area (Å²) in [7, 11) is 1.58. The Morgan fingerprint density at radius 2 is 1.68 bits per heavy atom. The molecule has 7 nitrogen and oxygen atoms in total. The summed E-state index contributed by atoms with van der Waals surface area (Å²) in [5.41, 5.74) is 1.91. The molecule has 0 bridgehead atoms. The smallest absolute Gasteiger partial charge is 0.266 e. The van der Waals surface area contributed by atoms with Crippen LogP contribution >= 0.6 is 15.9 Å². The van der Waals surface area contributed by atoms with Crippen LogP contribution in [0.4, 0.5) is 11.4 Å².